The third-order valence-corrected chi connectivity index (χ3v) is 14.2. The van der Waals surface area contributed by atoms with Crippen molar-refractivity contribution in [3.05, 3.63) is 24.3 Å². The smallest absolute Gasteiger partial charge is 0.306 e. The summed E-state index contributed by atoms with van der Waals surface area (Å²) in [6.07, 6.45) is 76.1. The average molecular weight is 958 g/mol. The van der Waals surface area contributed by atoms with Crippen molar-refractivity contribution in [1.82, 2.24) is 0 Å². The van der Waals surface area contributed by atoms with E-state index in [0.29, 0.717) is 12.8 Å². The molecule has 68 heavy (non-hydrogen) atoms. The zero-order chi connectivity index (χ0) is 49.2. The van der Waals surface area contributed by atoms with Crippen molar-refractivity contribution in [2.24, 2.45) is 0 Å². The van der Waals surface area contributed by atoms with Crippen molar-refractivity contribution in [3.8, 4) is 0 Å². The fourth-order valence-corrected chi connectivity index (χ4v) is 9.55. The number of aliphatic hydroxyl groups is 1. The van der Waals surface area contributed by atoms with Crippen LogP contribution in [0.4, 0.5) is 0 Å². The molecule has 1 N–H and O–H groups in total. The second-order valence-corrected chi connectivity index (χ2v) is 21.1. The van der Waals surface area contributed by atoms with Crippen molar-refractivity contribution in [1.29, 1.82) is 0 Å². The zero-order valence-electron chi connectivity index (χ0n) is 46.2. The largest absolute Gasteiger partial charge is 0.462 e. The summed E-state index contributed by atoms with van der Waals surface area (Å²) in [4.78, 5) is 24.5. The molecule has 1 unspecified atom stereocenters. The first-order valence-electron chi connectivity index (χ1n) is 30.9. The number of ether oxygens (including phenoxy) is 2. The van der Waals surface area contributed by atoms with Crippen LogP contribution in [0.2, 0.25) is 0 Å². The Morgan fingerprint density at radius 2 is 0.544 bits per heavy atom. The van der Waals surface area contributed by atoms with E-state index in [2.05, 4.69) is 38.2 Å². The summed E-state index contributed by atoms with van der Waals surface area (Å²) >= 11 is 0. The molecule has 0 aromatic carbocycles. The first-order chi connectivity index (χ1) is 33.6. The van der Waals surface area contributed by atoms with Gasteiger partial charge in [-0.25, -0.2) is 0 Å². The molecule has 0 aliphatic rings. The van der Waals surface area contributed by atoms with Gasteiger partial charge in [-0.2, -0.15) is 0 Å². The number of hydrogen-bond donors (Lipinski definition) is 1. The second-order valence-electron chi connectivity index (χ2n) is 21.1. The van der Waals surface area contributed by atoms with Gasteiger partial charge in [0.25, 0.3) is 0 Å². The molecule has 0 amide bonds. The Morgan fingerprint density at radius 1 is 0.324 bits per heavy atom. The summed E-state index contributed by atoms with van der Waals surface area (Å²) in [7, 11) is 0. The number of aliphatic hydroxyl groups excluding tert-OH is 1. The number of hydrogen-bond acceptors (Lipinski definition) is 5. The standard InChI is InChI=1S/C63H120O5/c1-3-5-7-9-11-13-15-17-19-21-23-24-25-26-27-28-29-30-31-32-33-34-35-36-37-38-40-42-44-46-48-50-52-54-56-58-63(66)68-61(59-64)60-67-62(65)57-55-53-51-49-47-45-43-41-39-22-20-18-16-14-12-10-8-6-4-2/h18,20-21,23,61,64H,3-17,19,22,24-60H2,1-2H3/b20-18-,23-21-. The van der Waals surface area contributed by atoms with E-state index in [0.717, 1.165) is 38.5 Å². The van der Waals surface area contributed by atoms with Crippen LogP contribution in [-0.4, -0.2) is 36.4 Å². The lowest BCUT2D eigenvalue weighted by molar-refractivity contribution is -0.161. The Hall–Kier alpha value is -1.62. The van der Waals surface area contributed by atoms with Gasteiger partial charge in [0.1, 0.15) is 6.61 Å². The lowest BCUT2D eigenvalue weighted by atomic mass is 10.0. The normalized spacial score (nSPS) is 12.2. The molecule has 0 saturated carbocycles. The first kappa shape index (κ1) is 66.4. The summed E-state index contributed by atoms with van der Waals surface area (Å²) in [6.45, 7) is 4.19. The maximum Gasteiger partial charge on any atom is 0.306 e. The molecule has 5 heteroatoms. The lowest BCUT2D eigenvalue weighted by Gasteiger charge is -2.15. The van der Waals surface area contributed by atoms with Crippen LogP contribution in [0, 0.1) is 0 Å². The molecule has 0 saturated heterocycles. The summed E-state index contributed by atoms with van der Waals surface area (Å²) in [5.74, 6) is -0.573. The van der Waals surface area contributed by atoms with Crippen molar-refractivity contribution >= 4 is 11.9 Å². The molecule has 0 aliphatic carbocycles. The molecule has 0 fully saturated rings. The molecule has 0 rings (SSSR count). The summed E-state index contributed by atoms with van der Waals surface area (Å²) in [6, 6.07) is 0. The van der Waals surface area contributed by atoms with Gasteiger partial charge in [-0.3, -0.25) is 9.59 Å². The highest BCUT2D eigenvalue weighted by molar-refractivity contribution is 5.70. The first-order valence-corrected chi connectivity index (χ1v) is 30.9. The molecular formula is C63H120O5. The molecule has 402 valence electrons. The predicted octanol–water partition coefficient (Wildman–Crippen LogP) is 20.9. The number of esters is 2. The molecule has 0 radical (unpaired) electrons. The van der Waals surface area contributed by atoms with Gasteiger partial charge in [0.2, 0.25) is 0 Å². The average Bonchev–Trinajstić information content (AvgIpc) is 3.34. The van der Waals surface area contributed by atoms with Gasteiger partial charge in [-0.05, 0) is 64.2 Å². The number of carbonyl (C=O) groups excluding carboxylic acids is 2. The van der Waals surface area contributed by atoms with Crippen molar-refractivity contribution in [2.75, 3.05) is 13.2 Å². The topological polar surface area (TPSA) is 72.8 Å². The maximum atomic E-state index is 12.3. The Morgan fingerprint density at radius 3 is 0.794 bits per heavy atom. The van der Waals surface area contributed by atoms with Gasteiger partial charge >= 0.3 is 11.9 Å². The number of carbonyl (C=O) groups is 2. The third kappa shape index (κ3) is 57.0. The van der Waals surface area contributed by atoms with E-state index in [1.807, 2.05) is 0 Å². The van der Waals surface area contributed by atoms with E-state index in [4.69, 9.17) is 9.47 Å². The second kappa shape index (κ2) is 59.7. The predicted molar refractivity (Wildman–Crippen MR) is 298 cm³/mol. The molecule has 0 bridgehead atoms. The Balaban J connectivity index is 3.38. The lowest BCUT2D eigenvalue weighted by Crippen LogP contribution is -2.28. The number of rotatable bonds is 58. The van der Waals surface area contributed by atoms with Gasteiger partial charge in [0.15, 0.2) is 6.10 Å². The van der Waals surface area contributed by atoms with Gasteiger partial charge in [-0.15, -0.1) is 0 Å². The van der Waals surface area contributed by atoms with Crippen LogP contribution < -0.4 is 0 Å². The van der Waals surface area contributed by atoms with Crippen molar-refractivity contribution < 1.29 is 24.2 Å². The fraction of sp³-hybridized carbons (Fsp3) is 0.905. The van der Waals surface area contributed by atoms with Gasteiger partial charge < -0.3 is 14.6 Å². The molecule has 0 aromatic rings. The highest BCUT2D eigenvalue weighted by Crippen LogP contribution is 2.18. The highest BCUT2D eigenvalue weighted by Gasteiger charge is 2.16. The molecule has 0 aromatic heterocycles. The molecule has 1 atom stereocenters. The Labute approximate surface area is 425 Å². The minimum absolute atomic E-state index is 0.0609. The van der Waals surface area contributed by atoms with Gasteiger partial charge in [0.05, 0.1) is 6.61 Å². The Kier molecular flexibility index (Phi) is 58.3. The van der Waals surface area contributed by atoms with E-state index >= 15 is 0 Å². The maximum absolute atomic E-state index is 12.3. The number of unbranched alkanes of at least 4 members (excludes halogenated alkanes) is 46. The summed E-state index contributed by atoms with van der Waals surface area (Å²) < 4.78 is 10.7. The quantitative estimate of drug-likeness (QED) is 0.0374. The van der Waals surface area contributed by atoms with Crippen LogP contribution in [0.3, 0.4) is 0 Å². The van der Waals surface area contributed by atoms with Gasteiger partial charge in [-0.1, -0.05) is 295 Å². The van der Waals surface area contributed by atoms with Crippen LogP contribution in [0.25, 0.3) is 0 Å². The molecule has 0 heterocycles. The molecule has 0 spiro atoms. The minimum Gasteiger partial charge on any atom is -0.462 e. The van der Waals surface area contributed by atoms with E-state index in [1.165, 1.54) is 283 Å². The van der Waals surface area contributed by atoms with Crippen molar-refractivity contribution in [2.45, 2.75) is 354 Å². The molecule has 5 nitrogen and oxygen atoms in total. The SMILES string of the molecule is CCCCCCCC/C=C\CCCCCCCCCCCC(=O)OCC(CO)OC(=O)CCCCCCCCCCCCCCCCCCCCCCCCC/C=C\CCCCCCCCCC. The zero-order valence-corrected chi connectivity index (χ0v) is 46.2. The Bertz CT molecular complexity index is 1040. The van der Waals surface area contributed by atoms with E-state index in [9.17, 15) is 14.7 Å². The van der Waals surface area contributed by atoms with Crippen molar-refractivity contribution in [3.63, 3.8) is 0 Å². The van der Waals surface area contributed by atoms with Crippen LogP contribution in [0.5, 0.6) is 0 Å². The number of allylic oxidation sites excluding steroid dienone is 4. The summed E-state index contributed by atoms with van der Waals surface area (Å²) in [5.41, 5.74) is 0. The van der Waals surface area contributed by atoms with E-state index in [-0.39, 0.29) is 25.2 Å². The van der Waals surface area contributed by atoms with Crippen LogP contribution in [0.15, 0.2) is 24.3 Å². The van der Waals surface area contributed by atoms with Crippen LogP contribution in [0.1, 0.15) is 348 Å². The third-order valence-electron chi connectivity index (χ3n) is 14.2. The highest BCUT2D eigenvalue weighted by atomic mass is 16.6. The molecule has 0 aliphatic heterocycles. The summed E-state index contributed by atoms with van der Waals surface area (Å²) in [5, 5.41) is 9.66. The fourth-order valence-electron chi connectivity index (χ4n) is 9.55. The minimum atomic E-state index is -0.769. The van der Waals surface area contributed by atoms with E-state index in [1.54, 1.807) is 0 Å². The van der Waals surface area contributed by atoms with Crippen LogP contribution >= 0.6 is 0 Å². The monoisotopic (exact) mass is 957 g/mol. The molecular weight excluding hydrogens is 837 g/mol. The van der Waals surface area contributed by atoms with E-state index < -0.39 is 6.10 Å². The van der Waals surface area contributed by atoms with Gasteiger partial charge in [0, 0.05) is 12.8 Å². The van der Waals surface area contributed by atoms with Crippen LogP contribution in [-0.2, 0) is 19.1 Å².